The maximum Gasteiger partial charge on any atom is 0.324 e. The van der Waals surface area contributed by atoms with Gasteiger partial charge >= 0.3 is 5.97 Å². The molecule has 1 unspecified atom stereocenters. The summed E-state index contributed by atoms with van der Waals surface area (Å²) in [6.07, 6.45) is 1.51. The van der Waals surface area contributed by atoms with Crippen LogP contribution in [0.25, 0.3) is 0 Å². The van der Waals surface area contributed by atoms with E-state index < -0.39 is 12.6 Å². The first kappa shape index (κ1) is 23.1. The summed E-state index contributed by atoms with van der Waals surface area (Å²) in [6.45, 7) is 12.9. The molecule has 1 rings (SSSR count). The molecule has 0 aliphatic heterocycles. The number of carbonyl (C=O) groups excluding carboxylic acids is 1. The third-order valence-electron chi connectivity index (χ3n) is 4.21. The summed E-state index contributed by atoms with van der Waals surface area (Å²) in [5.41, 5.74) is 1.12. The van der Waals surface area contributed by atoms with E-state index in [1.807, 2.05) is 43.3 Å². The van der Waals surface area contributed by atoms with Crippen LogP contribution in [0.4, 0.5) is 0 Å². The molecule has 0 saturated carbocycles. The number of esters is 1. The van der Waals surface area contributed by atoms with E-state index in [0.29, 0.717) is 13.2 Å². The molecule has 3 atom stereocenters. The third-order valence-corrected chi connectivity index (χ3v) is 7.15. The normalized spacial score (nSPS) is 16.4. The van der Waals surface area contributed by atoms with Crippen LogP contribution in [0, 0.1) is 5.92 Å². The van der Waals surface area contributed by atoms with Gasteiger partial charge in [0.2, 0.25) is 0 Å². The molecule has 4 nitrogen and oxygen atoms in total. The van der Waals surface area contributed by atoms with Crippen molar-refractivity contribution in [2.24, 2.45) is 5.92 Å². The predicted molar refractivity (Wildman–Crippen MR) is 112 cm³/mol. The van der Waals surface area contributed by atoms with Gasteiger partial charge < -0.3 is 13.9 Å². The lowest BCUT2D eigenvalue weighted by Gasteiger charge is -2.39. The highest BCUT2D eigenvalue weighted by atomic mass is 79.9. The largest absolute Gasteiger partial charge is 0.468 e. The fraction of sp³-hybridized carbons (Fsp3) is 0.550. The molecular formula is C20H31BrO4Si. The van der Waals surface area contributed by atoms with Crippen LogP contribution in [-0.2, 0) is 25.3 Å². The predicted octanol–water partition coefficient (Wildman–Crippen LogP) is 4.94. The molecule has 1 aromatic rings. The van der Waals surface area contributed by atoms with Gasteiger partial charge in [0.05, 0.1) is 26.4 Å². The summed E-state index contributed by atoms with van der Waals surface area (Å²) >= 11 is 3.56. The van der Waals surface area contributed by atoms with Crippen molar-refractivity contribution in [2.75, 3.05) is 13.7 Å². The summed E-state index contributed by atoms with van der Waals surface area (Å²) < 4.78 is 16.4. The average molecular weight is 443 g/mol. The van der Waals surface area contributed by atoms with Gasteiger partial charge in [-0.3, -0.25) is 4.79 Å². The maximum atomic E-state index is 12.3. The first-order valence-electron chi connectivity index (χ1n) is 8.81. The number of ether oxygens (including phenoxy) is 2. The van der Waals surface area contributed by atoms with Crippen LogP contribution in [0.2, 0.25) is 19.1 Å². The number of halogens is 1. The number of rotatable bonds is 11. The van der Waals surface area contributed by atoms with Gasteiger partial charge in [-0.15, -0.1) is 6.58 Å². The molecule has 0 saturated heterocycles. The van der Waals surface area contributed by atoms with Gasteiger partial charge in [-0.1, -0.05) is 59.3 Å². The highest BCUT2D eigenvalue weighted by molar-refractivity contribution is 9.10. The molecule has 0 spiro atoms. The van der Waals surface area contributed by atoms with Crippen LogP contribution in [-0.4, -0.2) is 38.4 Å². The number of hydrogen-bond acceptors (Lipinski definition) is 4. The summed E-state index contributed by atoms with van der Waals surface area (Å²) in [6, 6.07) is 10.8. The second-order valence-electron chi connectivity index (χ2n) is 7.34. The van der Waals surface area contributed by atoms with Crippen molar-refractivity contribution in [2.45, 2.75) is 50.0 Å². The molecule has 0 aliphatic rings. The van der Waals surface area contributed by atoms with E-state index in [1.165, 1.54) is 7.11 Å². The van der Waals surface area contributed by atoms with Crippen LogP contribution >= 0.6 is 15.9 Å². The smallest absolute Gasteiger partial charge is 0.324 e. The SMILES string of the molecule is C=CC[Si](C)(C)O[C@@H]([C@@H](C)COCc1ccccc1)C(C)(Br)C(=O)OC. The Morgan fingerprint density at radius 1 is 1.35 bits per heavy atom. The molecule has 6 heteroatoms. The van der Waals surface area contributed by atoms with E-state index in [-0.39, 0.29) is 18.0 Å². The van der Waals surface area contributed by atoms with Crippen molar-refractivity contribution < 1.29 is 18.7 Å². The molecule has 0 heterocycles. The lowest BCUT2D eigenvalue weighted by Crippen LogP contribution is -2.52. The Hall–Kier alpha value is -0.953. The molecule has 0 bridgehead atoms. The number of carbonyl (C=O) groups is 1. The molecule has 26 heavy (non-hydrogen) atoms. The molecule has 0 N–H and O–H groups in total. The number of benzene rings is 1. The zero-order valence-corrected chi connectivity index (χ0v) is 19.0. The molecule has 0 aromatic heterocycles. The minimum atomic E-state index is -2.01. The number of hydrogen-bond donors (Lipinski definition) is 0. The molecule has 146 valence electrons. The zero-order chi connectivity index (χ0) is 19.8. The summed E-state index contributed by atoms with van der Waals surface area (Å²) in [5.74, 6) is -0.348. The van der Waals surface area contributed by atoms with Crippen molar-refractivity contribution >= 4 is 30.2 Å². The monoisotopic (exact) mass is 442 g/mol. The zero-order valence-electron chi connectivity index (χ0n) is 16.5. The minimum Gasteiger partial charge on any atom is -0.468 e. The fourth-order valence-corrected chi connectivity index (χ4v) is 5.67. The Morgan fingerprint density at radius 3 is 2.50 bits per heavy atom. The van der Waals surface area contributed by atoms with Gasteiger partial charge in [-0.25, -0.2) is 0 Å². The van der Waals surface area contributed by atoms with Gasteiger partial charge in [0.15, 0.2) is 8.32 Å². The van der Waals surface area contributed by atoms with Crippen LogP contribution in [0.1, 0.15) is 19.4 Å². The highest BCUT2D eigenvalue weighted by Crippen LogP contribution is 2.34. The second kappa shape index (κ2) is 10.4. The Labute approximate surface area is 167 Å². The Kier molecular flexibility index (Phi) is 9.23. The molecule has 0 amide bonds. The first-order valence-corrected chi connectivity index (χ1v) is 12.7. The van der Waals surface area contributed by atoms with Crippen LogP contribution < -0.4 is 0 Å². The van der Waals surface area contributed by atoms with Crippen LogP contribution in [0.15, 0.2) is 43.0 Å². The molecular weight excluding hydrogens is 412 g/mol. The summed E-state index contributed by atoms with van der Waals surface area (Å²) in [7, 11) is -0.621. The first-order chi connectivity index (χ1) is 12.1. The second-order valence-corrected chi connectivity index (χ2v) is 13.1. The Bertz CT molecular complexity index is 574. The lowest BCUT2D eigenvalue weighted by atomic mass is 9.94. The molecule has 1 aromatic carbocycles. The lowest BCUT2D eigenvalue weighted by molar-refractivity contribution is -0.146. The molecule has 0 radical (unpaired) electrons. The van der Waals surface area contributed by atoms with Crippen molar-refractivity contribution in [3.05, 3.63) is 48.6 Å². The average Bonchev–Trinajstić information content (AvgIpc) is 2.59. The van der Waals surface area contributed by atoms with Crippen molar-refractivity contribution in [3.8, 4) is 0 Å². The molecule has 0 aliphatic carbocycles. The summed E-state index contributed by atoms with van der Waals surface area (Å²) in [5, 5.41) is 0. The Balaban J connectivity index is 2.85. The van der Waals surface area contributed by atoms with E-state index >= 15 is 0 Å². The standard InChI is InChI=1S/C20H31BrO4Si/c1-7-13-26(5,6)25-18(20(3,21)19(22)23-4)16(2)14-24-15-17-11-9-8-10-12-17/h7-12,16,18H,1,13-15H2,2-6H3/t16-,18-,20?/m0/s1. The van der Waals surface area contributed by atoms with Crippen LogP contribution in [0.5, 0.6) is 0 Å². The van der Waals surface area contributed by atoms with Gasteiger partial charge in [-0.2, -0.15) is 0 Å². The van der Waals surface area contributed by atoms with E-state index in [9.17, 15) is 4.79 Å². The number of methoxy groups -OCH3 is 1. The third kappa shape index (κ3) is 6.99. The van der Waals surface area contributed by atoms with Crippen molar-refractivity contribution in [1.29, 1.82) is 0 Å². The van der Waals surface area contributed by atoms with Crippen molar-refractivity contribution in [1.82, 2.24) is 0 Å². The van der Waals surface area contributed by atoms with Gasteiger partial charge in [0, 0.05) is 5.92 Å². The van der Waals surface area contributed by atoms with Gasteiger partial charge in [0.1, 0.15) is 4.32 Å². The van der Waals surface area contributed by atoms with Crippen molar-refractivity contribution in [3.63, 3.8) is 0 Å². The van der Waals surface area contributed by atoms with Crippen LogP contribution in [0.3, 0.4) is 0 Å². The van der Waals surface area contributed by atoms with E-state index in [0.717, 1.165) is 11.6 Å². The topological polar surface area (TPSA) is 44.8 Å². The van der Waals surface area contributed by atoms with E-state index in [4.69, 9.17) is 13.9 Å². The number of alkyl halides is 1. The van der Waals surface area contributed by atoms with E-state index in [2.05, 4.69) is 35.6 Å². The summed E-state index contributed by atoms with van der Waals surface area (Å²) in [4.78, 5) is 12.3. The maximum absolute atomic E-state index is 12.3. The quantitative estimate of drug-likeness (QED) is 0.210. The fourth-order valence-electron chi connectivity index (χ4n) is 2.84. The van der Waals surface area contributed by atoms with E-state index in [1.54, 1.807) is 6.92 Å². The molecule has 0 fully saturated rings. The van der Waals surface area contributed by atoms with Gasteiger partial charge in [-0.05, 0) is 31.6 Å². The Morgan fingerprint density at radius 2 is 1.96 bits per heavy atom. The highest BCUT2D eigenvalue weighted by Gasteiger charge is 2.46. The minimum absolute atomic E-state index is 0.00113. The number of allylic oxidation sites excluding steroid dienone is 1. The van der Waals surface area contributed by atoms with Gasteiger partial charge in [0.25, 0.3) is 0 Å².